The zero-order valence-electron chi connectivity index (χ0n) is 26.7. The molecule has 4 aromatic carbocycles. The lowest BCUT2D eigenvalue weighted by atomic mass is 9.74. The summed E-state index contributed by atoms with van der Waals surface area (Å²) in [5, 5.41) is 6.72. The zero-order chi connectivity index (χ0) is 32.1. The van der Waals surface area contributed by atoms with Gasteiger partial charge in [-0.25, -0.2) is 0 Å². The number of ketones is 2. The maximum atomic E-state index is 13.3. The third kappa shape index (κ3) is 4.03. The van der Waals surface area contributed by atoms with Crippen LogP contribution in [0.25, 0.3) is 28.1 Å². The molecule has 226 valence electrons. The van der Waals surface area contributed by atoms with Crippen molar-refractivity contribution in [3.8, 4) is 11.1 Å². The second-order valence-corrected chi connectivity index (χ2v) is 14.1. The van der Waals surface area contributed by atoms with Crippen molar-refractivity contribution >= 4 is 56.3 Å². The van der Waals surface area contributed by atoms with Gasteiger partial charge in [-0.3, -0.25) is 14.3 Å². The van der Waals surface area contributed by atoms with Gasteiger partial charge in [0.25, 0.3) is 0 Å². The lowest BCUT2D eigenvalue weighted by Gasteiger charge is -2.40. The Labute approximate surface area is 272 Å². The van der Waals surface area contributed by atoms with E-state index < -0.39 is 0 Å². The van der Waals surface area contributed by atoms with Crippen LogP contribution in [0.2, 0.25) is 0 Å². The fraction of sp³-hybridized carbons (Fsp3) is 0.175. The van der Waals surface area contributed by atoms with Crippen LogP contribution in [0, 0.1) is 20.8 Å². The van der Waals surface area contributed by atoms with Crippen LogP contribution in [0.5, 0.6) is 0 Å². The van der Waals surface area contributed by atoms with E-state index in [0.717, 1.165) is 37.7 Å². The van der Waals surface area contributed by atoms with Crippen molar-refractivity contribution in [3.63, 3.8) is 0 Å². The van der Waals surface area contributed by atoms with Crippen molar-refractivity contribution in [2.45, 2.75) is 40.0 Å². The van der Waals surface area contributed by atoms with E-state index in [0.29, 0.717) is 11.1 Å². The van der Waals surface area contributed by atoms with E-state index in [1.54, 1.807) is 41.7 Å². The van der Waals surface area contributed by atoms with Crippen LogP contribution in [0.1, 0.15) is 67.3 Å². The molecule has 0 bridgehead atoms. The average Bonchev–Trinajstić information content (AvgIpc) is 3.69. The van der Waals surface area contributed by atoms with Crippen LogP contribution in [-0.2, 0) is 12.5 Å². The van der Waals surface area contributed by atoms with Crippen molar-refractivity contribution in [2.75, 3.05) is 4.90 Å². The number of allylic oxidation sites excluding steroid dienone is 1. The molecule has 5 nitrogen and oxygen atoms in total. The van der Waals surface area contributed by atoms with Crippen molar-refractivity contribution in [3.05, 3.63) is 134 Å². The lowest BCUT2D eigenvalue weighted by Crippen LogP contribution is -2.29. The summed E-state index contributed by atoms with van der Waals surface area (Å²) in [6.45, 7) is 11.1. The van der Waals surface area contributed by atoms with Crippen LogP contribution >= 0.6 is 11.3 Å². The van der Waals surface area contributed by atoms with E-state index in [1.807, 2.05) is 17.9 Å². The third-order valence-corrected chi connectivity index (χ3v) is 10.8. The number of nitrogens with zero attached hydrogens (tertiary/aromatic N) is 3. The predicted octanol–water partition coefficient (Wildman–Crippen LogP) is 9.80. The molecular weight excluding hydrogens is 587 g/mol. The largest absolute Gasteiger partial charge is 0.301 e. The van der Waals surface area contributed by atoms with Gasteiger partial charge in [0.2, 0.25) is 0 Å². The SMILES string of the molecule is Cc1cc(C)c(-c2ccc3c(c2)C(C)(C)c2cc(C=C4C(=O)c5ccccc5C4=O)sc2N3c2cccc3c2cnn3C)c(C)c1. The number of carbonyl (C=O) groups is 2. The summed E-state index contributed by atoms with van der Waals surface area (Å²) in [5.41, 5.74) is 12.7. The van der Waals surface area contributed by atoms with Gasteiger partial charge in [0.1, 0.15) is 5.00 Å². The number of fused-ring (bicyclic) bond motifs is 4. The summed E-state index contributed by atoms with van der Waals surface area (Å²) >= 11 is 1.61. The van der Waals surface area contributed by atoms with E-state index in [4.69, 9.17) is 0 Å². The molecule has 0 atom stereocenters. The molecule has 0 unspecified atom stereocenters. The molecule has 6 aromatic rings. The second-order valence-electron chi connectivity index (χ2n) is 13.1. The molecule has 0 saturated heterocycles. The number of hydrogen-bond acceptors (Lipinski definition) is 5. The van der Waals surface area contributed by atoms with Crippen LogP contribution in [0.3, 0.4) is 0 Å². The topological polar surface area (TPSA) is 55.2 Å². The number of rotatable bonds is 3. The zero-order valence-corrected chi connectivity index (χ0v) is 27.5. The Kier molecular flexibility index (Phi) is 6.15. The van der Waals surface area contributed by atoms with Gasteiger partial charge >= 0.3 is 0 Å². The first-order valence-corrected chi connectivity index (χ1v) is 16.3. The highest BCUT2D eigenvalue weighted by atomic mass is 32.1. The molecule has 1 aliphatic carbocycles. The summed E-state index contributed by atoms with van der Waals surface area (Å²) in [7, 11) is 1.96. The van der Waals surface area contributed by atoms with Crippen LogP contribution in [0.4, 0.5) is 16.4 Å². The van der Waals surface area contributed by atoms with Gasteiger partial charge in [-0.1, -0.05) is 67.9 Å². The molecule has 46 heavy (non-hydrogen) atoms. The standard InChI is InChI=1S/C40H33N3O2S/c1-22-16-23(2)36(24(3)17-22)25-14-15-35-31(18-25)40(4,5)32-20-26(19-29-37(44)27-10-7-8-11-28(27)38(29)45)46-39(32)43(35)34-13-9-12-33-30(34)21-41-42(33)6/h7-21H,1-6H3. The van der Waals surface area contributed by atoms with Crippen LogP contribution in [0.15, 0.2) is 90.6 Å². The van der Waals surface area contributed by atoms with Gasteiger partial charge in [0, 0.05) is 33.9 Å². The van der Waals surface area contributed by atoms with E-state index >= 15 is 0 Å². The Balaban J connectivity index is 1.36. The smallest absolute Gasteiger partial charge is 0.197 e. The molecule has 0 amide bonds. The summed E-state index contributed by atoms with van der Waals surface area (Å²) in [6.07, 6.45) is 3.72. The average molecular weight is 620 g/mol. The number of anilines is 3. The maximum Gasteiger partial charge on any atom is 0.197 e. The molecule has 0 spiro atoms. The molecule has 0 fully saturated rings. The van der Waals surface area contributed by atoms with Crippen molar-refractivity contribution in [1.29, 1.82) is 0 Å². The number of aryl methyl sites for hydroxylation is 4. The number of thiophene rings is 1. The maximum absolute atomic E-state index is 13.3. The molecule has 0 N–H and O–H groups in total. The second kappa shape index (κ2) is 9.96. The van der Waals surface area contributed by atoms with Gasteiger partial charge in [0.05, 0.1) is 28.7 Å². The number of benzene rings is 4. The van der Waals surface area contributed by atoms with Gasteiger partial charge in [-0.05, 0) is 90.6 Å². The molecule has 1 aliphatic heterocycles. The van der Waals surface area contributed by atoms with Crippen molar-refractivity contribution < 1.29 is 9.59 Å². The van der Waals surface area contributed by atoms with Crippen LogP contribution < -0.4 is 4.90 Å². The highest BCUT2D eigenvalue weighted by Gasteiger charge is 2.40. The third-order valence-electron chi connectivity index (χ3n) is 9.69. The highest BCUT2D eigenvalue weighted by Crippen LogP contribution is 2.57. The Morgan fingerprint density at radius 3 is 2.17 bits per heavy atom. The lowest BCUT2D eigenvalue weighted by molar-refractivity contribution is 0.0990. The van der Waals surface area contributed by atoms with Gasteiger partial charge < -0.3 is 4.90 Å². The first kappa shape index (κ1) is 28.4. The Morgan fingerprint density at radius 1 is 0.783 bits per heavy atom. The van der Waals surface area contributed by atoms with E-state index in [9.17, 15) is 9.59 Å². The van der Waals surface area contributed by atoms with E-state index in [2.05, 4.69) is 99.2 Å². The van der Waals surface area contributed by atoms with Gasteiger partial charge in [-0.2, -0.15) is 5.10 Å². The van der Waals surface area contributed by atoms with Crippen LogP contribution in [-0.4, -0.2) is 21.3 Å². The first-order chi connectivity index (χ1) is 22.0. The van der Waals surface area contributed by atoms with E-state index in [-0.39, 0.29) is 22.6 Å². The van der Waals surface area contributed by atoms with Gasteiger partial charge in [0.15, 0.2) is 11.6 Å². The number of aromatic nitrogens is 2. The molecule has 8 rings (SSSR count). The van der Waals surface area contributed by atoms with Gasteiger partial charge in [-0.15, -0.1) is 11.3 Å². The molecule has 0 saturated carbocycles. The molecule has 0 radical (unpaired) electrons. The number of carbonyl (C=O) groups excluding carboxylic acids is 2. The molecular formula is C40H33N3O2S. The molecule has 2 aliphatic rings. The molecule has 6 heteroatoms. The number of Topliss-reactive ketones (excluding diaryl/α,β-unsaturated/α-hetero) is 2. The van der Waals surface area contributed by atoms with E-state index in [1.165, 1.54) is 33.4 Å². The summed E-state index contributed by atoms with van der Waals surface area (Å²) in [6, 6.07) is 26.9. The fourth-order valence-corrected chi connectivity index (χ4v) is 8.79. The number of hydrogen-bond donors (Lipinski definition) is 0. The monoisotopic (exact) mass is 619 g/mol. The van der Waals surface area contributed by atoms with Crippen molar-refractivity contribution in [2.24, 2.45) is 7.05 Å². The molecule has 3 heterocycles. The summed E-state index contributed by atoms with van der Waals surface area (Å²) in [5.74, 6) is -0.417. The minimum atomic E-state index is -0.355. The van der Waals surface area contributed by atoms with Crippen molar-refractivity contribution in [1.82, 2.24) is 9.78 Å². The quantitative estimate of drug-likeness (QED) is 0.146. The Morgan fingerprint density at radius 2 is 1.48 bits per heavy atom. The predicted molar refractivity (Wildman–Crippen MR) is 188 cm³/mol. The first-order valence-electron chi connectivity index (χ1n) is 15.5. The minimum Gasteiger partial charge on any atom is -0.301 e. The Hall–Kier alpha value is -5.07. The minimum absolute atomic E-state index is 0.208. The highest BCUT2D eigenvalue weighted by molar-refractivity contribution is 7.17. The summed E-state index contributed by atoms with van der Waals surface area (Å²) < 4.78 is 1.90. The molecule has 2 aromatic heterocycles. The fourth-order valence-electron chi connectivity index (χ4n) is 7.50. The Bertz CT molecular complexity index is 2270. The normalized spacial score (nSPS) is 14.9. The summed E-state index contributed by atoms with van der Waals surface area (Å²) in [4.78, 5) is 29.9.